The van der Waals surface area contributed by atoms with E-state index in [-0.39, 0.29) is 0 Å². The van der Waals surface area contributed by atoms with Gasteiger partial charge in [-0.1, -0.05) is 23.4 Å². The molecule has 0 spiro atoms. The zero-order chi connectivity index (χ0) is 21.9. The number of hydrogen-bond donors (Lipinski definition) is 2. The van der Waals surface area contributed by atoms with Crippen molar-refractivity contribution in [3.63, 3.8) is 0 Å². The fraction of sp³-hybridized carbons (Fsp3) is 0.389. The summed E-state index contributed by atoms with van der Waals surface area (Å²) in [6, 6.07) is 10.2. The molecule has 158 valence electrons. The Labute approximate surface area is 168 Å². The number of nitrogens with one attached hydrogen (secondary N) is 1. The zero-order valence-electron chi connectivity index (χ0n) is 15.8. The summed E-state index contributed by atoms with van der Waals surface area (Å²) in [4.78, 5) is 15.6. The highest BCUT2D eigenvalue weighted by atomic mass is 19.4. The second-order valence-corrected chi connectivity index (χ2v) is 6.84. The number of aliphatic carboxylic acids is 1. The number of hydrogen-bond acceptors (Lipinski definition) is 7. The first kappa shape index (κ1) is 21.3. The van der Waals surface area contributed by atoms with E-state index in [2.05, 4.69) is 38.4 Å². The molecule has 1 aromatic carbocycles. The molecule has 1 fully saturated rings. The van der Waals surface area contributed by atoms with Gasteiger partial charge in [-0.25, -0.2) is 4.79 Å². The number of alkyl halides is 3. The monoisotopic (exact) mass is 422 g/mol. The van der Waals surface area contributed by atoms with E-state index in [0.717, 1.165) is 24.0 Å². The highest BCUT2D eigenvalue weighted by Gasteiger charge is 2.41. The average molecular weight is 422 g/mol. The number of carbonyl (C=O) groups is 1. The molecule has 0 radical (unpaired) electrons. The fourth-order valence-corrected chi connectivity index (χ4v) is 3.02. The highest BCUT2D eigenvalue weighted by molar-refractivity contribution is 5.90. The second kappa shape index (κ2) is 8.11. The van der Waals surface area contributed by atoms with Gasteiger partial charge in [0.05, 0.1) is 11.6 Å². The number of para-hydroxylation sites is 1. The number of carboxylic acid groups (broad SMARTS) is 1. The Morgan fingerprint density at radius 1 is 1.33 bits per heavy atom. The number of rotatable bonds is 2. The lowest BCUT2D eigenvalue weighted by Gasteiger charge is -2.32. The zero-order valence-corrected chi connectivity index (χ0v) is 15.8. The molecule has 2 aromatic heterocycles. The smallest absolute Gasteiger partial charge is 0.475 e. The number of aromatic amines is 1. The molecule has 3 aromatic rings. The van der Waals surface area contributed by atoms with Crippen molar-refractivity contribution >= 4 is 16.9 Å². The Balaban J connectivity index is 0.000000318. The first-order valence-electron chi connectivity index (χ1n) is 8.84. The molecule has 30 heavy (non-hydrogen) atoms. The van der Waals surface area contributed by atoms with Crippen molar-refractivity contribution in [1.82, 2.24) is 25.2 Å². The van der Waals surface area contributed by atoms with Gasteiger partial charge in [0.1, 0.15) is 11.1 Å². The molecule has 1 aliphatic rings. The van der Waals surface area contributed by atoms with Gasteiger partial charge >= 0.3 is 12.1 Å². The lowest BCUT2D eigenvalue weighted by atomic mass is 9.80. The number of likely N-dealkylation sites (tertiary alicyclic amines) is 1. The molecule has 2 N–H and O–H groups in total. The molecule has 4 rings (SSSR count). The van der Waals surface area contributed by atoms with Gasteiger partial charge in [0.15, 0.2) is 0 Å². The lowest BCUT2D eigenvalue weighted by molar-refractivity contribution is -0.192. The topological polar surface area (TPSA) is 132 Å². The molecule has 0 atom stereocenters. The van der Waals surface area contributed by atoms with Gasteiger partial charge in [-0.15, -0.1) is 0 Å². The maximum absolute atomic E-state index is 10.6. The van der Waals surface area contributed by atoms with E-state index in [1.165, 1.54) is 0 Å². The van der Waals surface area contributed by atoms with Crippen LogP contribution in [0.25, 0.3) is 22.4 Å². The third kappa shape index (κ3) is 4.25. The average Bonchev–Trinajstić information content (AvgIpc) is 3.36. The van der Waals surface area contributed by atoms with Gasteiger partial charge in [0.25, 0.3) is 0 Å². The number of carboxylic acids is 1. The summed E-state index contributed by atoms with van der Waals surface area (Å²) >= 11 is 0. The van der Waals surface area contributed by atoms with Gasteiger partial charge < -0.3 is 14.5 Å². The Morgan fingerprint density at radius 3 is 2.57 bits per heavy atom. The number of nitriles is 1. The lowest BCUT2D eigenvalue weighted by Crippen LogP contribution is -2.40. The Kier molecular flexibility index (Phi) is 5.75. The van der Waals surface area contributed by atoms with Crippen LogP contribution in [-0.4, -0.2) is 62.6 Å². The molecule has 9 nitrogen and oxygen atoms in total. The minimum atomic E-state index is -5.08. The molecule has 0 saturated carbocycles. The summed E-state index contributed by atoms with van der Waals surface area (Å²) in [6.45, 7) is 1.69. The van der Waals surface area contributed by atoms with E-state index in [0.29, 0.717) is 30.3 Å². The van der Waals surface area contributed by atoms with Crippen LogP contribution in [0.3, 0.4) is 0 Å². The van der Waals surface area contributed by atoms with Crippen molar-refractivity contribution in [2.45, 2.75) is 24.4 Å². The standard InChI is InChI=1S/C16H16N6O.C2HF3O2/c1-22-8-6-16(10-17,7-9-22)15-18-14(21-23-15)13-11-4-2-3-5-12(11)19-20-13;3-2(4,5)1(6)7/h2-5H,6-9H2,1H3,(H,19,20);(H,6,7). The van der Waals surface area contributed by atoms with Crippen molar-refractivity contribution in [3.8, 4) is 17.6 Å². The SMILES string of the molecule is CN1CCC(C#N)(c2nc(-c3n[nH]c4ccccc34)no2)CC1.O=C(O)C(F)(F)F. The summed E-state index contributed by atoms with van der Waals surface area (Å²) < 4.78 is 37.2. The van der Waals surface area contributed by atoms with Crippen LogP contribution in [-0.2, 0) is 10.2 Å². The van der Waals surface area contributed by atoms with Crippen molar-refractivity contribution < 1.29 is 27.6 Å². The minimum absolute atomic E-state index is 0.398. The Hall–Kier alpha value is -3.46. The van der Waals surface area contributed by atoms with Crippen LogP contribution in [0.15, 0.2) is 28.8 Å². The van der Waals surface area contributed by atoms with Crippen LogP contribution >= 0.6 is 0 Å². The van der Waals surface area contributed by atoms with Crippen LogP contribution in [0, 0.1) is 11.3 Å². The number of fused-ring (bicyclic) bond motifs is 1. The molecule has 0 unspecified atom stereocenters. The number of piperidine rings is 1. The van der Waals surface area contributed by atoms with Gasteiger partial charge in [0.2, 0.25) is 11.7 Å². The molecular weight excluding hydrogens is 405 g/mol. The summed E-state index contributed by atoms with van der Waals surface area (Å²) in [5.74, 6) is -1.94. The maximum Gasteiger partial charge on any atom is 0.490 e. The van der Waals surface area contributed by atoms with E-state index in [1.807, 2.05) is 24.3 Å². The number of nitrogens with zero attached hydrogens (tertiary/aromatic N) is 5. The van der Waals surface area contributed by atoms with Crippen molar-refractivity contribution in [2.75, 3.05) is 20.1 Å². The number of benzene rings is 1. The predicted molar refractivity (Wildman–Crippen MR) is 97.1 cm³/mol. The normalized spacial score (nSPS) is 16.5. The maximum atomic E-state index is 10.6. The molecule has 0 aliphatic carbocycles. The molecule has 12 heteroatoms. The summed E-state index contributed by atoms with van der Waals surface area (Å²) in [7, 11) is 2.05. The van der Waals surface area contributed by atoms with Crippen molar-refractivity contribution in [1.29, 1.82) is 5.26 Å². The van der Waals surface area contributed by atoms with E-state index in [1.54, 1.807) is 0 Å². The summed E-state index contributed by atoms with van der Waals surface area (Å²) in [5, 5.41) is 29.0. The van der Waals surface area contributed by atoms with Crippen molar-refractivity contribution in [2.24, 2.45) is 0 Å². The van der Waals surface area contributed by atoms with Gasteiger partial charge in [-0.05, 0) is 39.0 Å². The molecule has 3 heterocycles. The van der Waals surface area contributed by atoms with E-state index in [9.17, 15) is 18.4 Å². The van der Waals surface area contributed by atoms with Crippen LogP contribution in [0.5, 0.6) is 0 Å². The third-order valence-corrected chi connectivity index (χ3v) is 4.81. The van der Waals surface area contributed by atoms with Crippen LogP contribution in [0.4, 0.5) is 13.2 Å². The van der Waals surface area contributed by atoms with Gasteiger partial charge in [0, 0.05) is 5.39 Å². The van der Waals surface area contributed by atoms with E-state index in [4.69, 9.17) is 14.4 Å². The second-order valence-electron chi connectivity index (χ2n) is 6.84. The summed E-state index contributed by atoms with van der Waals surface area (Å²) in [5.41, 5.74) is 0.879. The highest BCUT2D eigenvalue weighted by Crippen LogP contribution is 2.35. The van der Waals surface area contributed by atoms with Gasteiger partial charge in [-0.2, -0.15) is 28.5 Å². The number of halogens is 3. The van der Waals surface area contributed by atoms with Crippen LogP contribution in [0.2, 0.25) is 0 Å². The number of aromatic nitrogens is 4. The predicted octanol–water partition coefficient (Wildman–Crippen LogP) is 2.73. The number of H-pyrrole nitrogens is 1. The van der Waals surface area contributed by atoms with Crippen LogP contribution in [0.1, 0.15) is 18.7 Å². The molecule has 0 amide bonds. The van der Waals surface area contributed by atoms with Crippen molar-refractivity contribution in [3.05, 3.63) is 30.2 Å². The quantitative estimate of drug-likeness (QED) is 0.644. The fourth-order valence-electron chi connectivity index (χ4n) is 3.02. The Morgan fingerprint density at radius 2 is 1.97 bits per heavy atom. The van der Waals surface area contributed by atoms with Crippen LogP contribution < -0.4 is 0 Å². The molecule has 1 saturated heterocycles. The first-order valence-corrected chi connectivity index (χ1v) is 8.84. The van der Waals surface area contributed by atoms with E-state index >= 15 is 0 Å². The molecule has 0 bridgehead atoms. The molecular formula is C18H17F3N6O3. The van der Waals surface area contributed by atoms with E-state index < -0.39 is 17.6 Å². The molecule has 1 aliphatic heterocycles. The Bertz CT molecular complexity index is 1080. The summed E-state index contributed by atoms with van der Waals surface area (Å²) in [6.07, 6.45) is -3.69. The largest absolute Gasteiger partial charge is 0.490 e. The minimum Gasteiger partial charge on any atom is -0.475 e. The third-order valence-electron chi connectivity index (χ3n) is 4.81. The first-order chi connectivity index (χ1) is 14.2. The van der Waals surface area contributed by atoms with Gasteiger partial charge in [-0.3, -0.25) is 5.10 Å².